The van der Waals surface area contributed by atoms with Gasteiger partial charge in [-0.25, -0.2) is 0 Å². The van der Waals surface area contributed by atoms with E-state index in [0.717, 1.165) is 23.5 Å². The summed E-state index contributed by atoms with van der Waals surface area (Å²) in [6.45, 7) is 2.74. The van der Waals surface area contributed by atoms with Gasteiger partial charge in [0.2, 0.25) is 5.91 Å². The lowest BCUT2D eigenvalue weighted by molar-refractivity contribution is -0.116. The van der Waals surface area contributed by atoms with Gasteiger partial charge in [0.05, 0.1) is 12.3 Å². The van der Waals surface area contributed by atoms with Gasteiger partial charge in [-0.05, 0) is 37.3 Å². The van der Waals surface area contributed by atoms with Crippen LogP contribution in [0.2, 0.25) is 0 Å². The Labute approximate surface area is 113 Å². The minimum atomic E-state index is 0.0794. The molecule has 0 radical (unpaired) electrons. The first-order valence-electron chi connectivity index (χ1n) is 7.10. The van der Waals surface area contributed by atoms with Crippen molar-refractivity contribution in [3.63, 3.8) is 0 Å². The molecule has 0 bridgehead atoms. The summed E-state index contributed by atoms with van der Waals surface area (Å²) >= 11 is 0. The van der Waals surface area contributed by atoms with Crippen LogP contribution in [-0.4, -0.2) is 18.6 Å². The molecular formula is C15H20N2O2. The van der Waals surface area contributed by atoms with E-state index in [1.165, 1.54) is 12.8 Å². The molecule has 1 fully saturated rings. The standard InChI is InChI=1S/C15H20N2O2/c1-2-8-19-13-5-3-4-11-15(13)17-14(18)9-12(16-11)10-6-7-10/h3-5,10,12,16H,2,6-9H2,1H3,(H,17,18). The molecule has 0 aromatic heterocycles. The van der Waals surface area contributed by atoms with Gasteiger partial charge in [-0.15, -0.1) is 0 Å². The number of amides is 1. The maximum Gasteiger partial charge on any atom is 0.226 e. The van der Waals surface area contributed by atoms with Gasteiger partial charge < -0.3 is 15.4 Å². The molecule has 1 unspecified atom stereocenters. The molecule has 19 heavy (non-hydrogen) atoms. The third-order valence-electron chi connectivity index (χ3n) is 3.69. The predicted molar refractivity (Wildman–Crippen MR) is 75.6 cm³/mol. The van der Waals surface area contributed by atoms with Crippen molar-refractivity contribution in [2.24, 2.45) is 5.92 Å². The molecule has 0 spiro atoms. The zero-order chi connectivity index (χ0) is 13.2. The van der Waals surface area contributed by atoms with Gasteiger partial charge in [0.1, 0.15) is 11.4 Å². The summed E-state index contributed by atoms with van der Waals surface area (Å²) in [5.74, 6) is 1.49. The number of hydrogen-bond acceptors (Lipinski definition) is 3. The van der Waals surface area contributed by atoms with E-state index in [1.54, 1.807) is 0 Å². The number of carbonyl (C=O) groups excluding carboxylic acids is 1. The number of carbonyl (C=O) groups is 1. The Bertz CT molecular complexity index is 483. The van der Waals surface area contributed by atoms with Crippen molar-refractivity contribution >= 4 is 17.3 Å². The van der Waals surface area contributed by atoms with Gasteiger partial charge in [0, 0.05) is 12.5 Å². The van der Waals surface area contributed by atoms with Crippen molar-refractivity contribution in [2.45, 2.75) is 38.6 Å². The van der Waals surface area contributed by atoms with E-state index in [1.807, 2.05) is 18.2 Å². The molecule has 4 heteroatoms. The lowest BCUT2D eigenvalue weighted by Crippen LogP contribution is -2.24. The van der Waals surface area contributed by atoms with Crippen molar-refractivity contribution < 1.29 is 9.53 Å². The molecule has 1 atom stereocenters. The van der Waals surface area contributed by atoms with Gasteiger partial charge in [-0.2, -0.15) is 0 Å². The van der Waals surface area contributed by atoms with Crippen molar-refractivity contribution in [3.8, 4) is 5.75 Å². The molecule has 4 nitrogen and oxygen atoms in total. The largest absolute Gasteiger partial charge is 0.491 e. The van der Waals surface area contributed by atoms with Crippen LogP contribution in [-0.2, 0) is 4.79 Å². The normalized spacial score (nSPS) is 21.9. The van der Waals surface area contributed by atoms with Crippen LogP contribution in [0.15, 0.2) is 18.2 Å². The molecule has 2 N–H and O–H groups in total. The van der Waals surface area contributed by atoms with Crippen LogP contribution in [0.4, 0.5) is 11.4 Å². The van der Waals surface area contributed by atoms with Crippen LogP contribution < -0.4 is 15.4 Å². The number of para-hydroxylation sites is 1. The summed E-state index contributed by atoms with van der Waals surface area (Å²) < 4.78 is 5.71. The van der Waals surface area contributed by atoms with E-state index in [4.69, 9.17) is 4.74 Å². The summed E-state index contributed by atoms with van der Waals surface area (Å²) in [7, 11) is 0. The van der Waals surface area contributed by atoms with E-state index < -0.39 is 0 Å². The average Bonchev–Trinajstić information content (AvgIpc) is 3.21. The fraction of sp³-hybridized carbons (Fsp3) is 0.533. The maximum absolute atomic E-state index is 12.0. The smallest absolute Gasteiger partial charge is 0.226 e. The third kappa shape index (κ3) is 2.67. The van der Waals surface area contributed by atoms with Crippen LogP contribution in [0, 0.1) is 5.92 Å². The third-order valence-corrected chi connectivity index (χ3v) is 3.69. The molecular weight excluding hydrogens is 240 g/mol. The Morgan fingerprint density at radius 2 is 2.21 bits per heavy atom. The topological polar surface area (TPSA) is 50.4 Å². The number of anilines is 2. The second-order valence-corrected chi connectivity index (χ2v) is 5.37. The molecule has 102 valence electrons. The number of benzene rings is 1. The number of fused-ring (bicyclic) bond motifs is 1. The average molecular weight is 260 g/mol. The number of hydrogen-bond donors (Lipinski definition) is 2. The van der Waals surface area contributed by atoms with E-state index in [2.05, 4.69) is 17.6 Å². The molecule has 1 amide bonds. The Morgan fingerprint density at radius 1 is 1.37 bits per heavy atom. The number of nitrogens with one attached hydrogen (secondary N) is 2. The van der Waals surface area contributed by atoms with E-state index >= 15 is 0 Å². The number of ether oxygens (including phenoxy) is 1. The number of rotatable bonds is 4. The lowest BCUT2D eigenvalue weighted by Gasteiger charge is -2.17. The van der Waals surface area contributed by atoms with Crippen LogP contribution in [0.25, 0.3) is 0 Å². The Morgan fingerprint density at radius 3 is 2.95 bits per heavy atom. The predicted octanol–water partition coefficient (Wildman–Crippen LogP) is 3.01. The highest BCUT2D eigenvalue weighted by molar-refractivity contribution is 5.98. The summed E-state index contributed by atoms with van der Waals surface area (Å²) in [6.07, 6.45) is 3.96. The van der Waals surface area contributed by atoms with Gasteiger partial charge in [-0.1, -0.05) is 13.0 Å². The van der Waals surface area contributed by atoms with Gasteiger partial charge in [0.25, 0.3) is 0 Å². The molecule has 1 aliphatic carbocycles. The van der Waals surface area contributed by atoms with Gasteiger partial charge in [-0.3, -0.25) is 4.79 Å². The molecule has 1 heterocycles. The highest BCUT2D eigenvalue weighted by Crippen LogP contribution is 2.41. The highest BCUT2D eigenvalue weighted by atomic mass is 16.5. The Hall–Kier alpha value is -1.71. The zero-order valence-corrected chi connectivity index (χ0v) is 11.2. The van der Waals surface area contributed by atoms with Crippen molar-refractivity contribution in [1.82, 2.24) is 0 Å². The fourth-order valence-corrected chi connectivity index (χ4v) is 2.54. The fourth-order valence-electron chi connectivity index (χ4n) is 2.54. The quantitative estimate of drug-likeness (QED) is 0.875. The van der Waals surface area contributed by atoms with Crippen molar-refractivity contribution in [2.75, 3.05) is 17.2 Å². The Balaban J connectivity index is 1.88. The minimum Gasteiger partial charge on any atom is -0.491 e. The molecule has 2 aliphatic rings. The molecule has 1 aliphatic heterocycles. The molecule has 1 aromatic rings. The first-order chi connectivity index (χ1) is 9.28. The minimum absolute atomic E-state index is 0.0794. The van der Waals surface area contributed by atoms with Gasteiger partial charge >= 0.3 is 0 Å². The van der Waals surface area contributed by atoms with E-state index in [0.29, 0.717) is 18.9 Å². The van der Waals surface area contributed by atoms with Gasteiger partial charge in [0.15, 0.2) is 0 Å². The molecule has 1 saturated carbocycles. The van der Waals surface area contributed by atoms with Crippen molar-refractivity contribution in [3.05, 3.63) is 18.2 Å². The van der Waals surface area contributed by atoms with Crippen LogP contribution in [0.3, 0.4) is 0 Å². The van der Waals surface area contributed by atoms with Crippen LogP contribution in [0.5, 0.6) is 5.75 Å². The second-order valence-electron chi connectivity index (χ2n) is 5.37. The van der Waals surface area contributed by atoms with Crippen molar-refractivity contribution in [1.29, 1.82) is 0 Å². The van der Waals surface area contributed by atoms with Crippen LogP contribution in [0.1, 0.15) is 32.6 Å². The summed E-state index contributed by atoms with van der Waals surface area (Å²) in [5.41, 5.74) is 1.78. The summed E-state index contributed by atoms with van der Waals surface area (Å²) in [5, 5.41) is 6.49. The second kappa shape index (κ2) is 5.11. The molecule has 0 saturated heterocycles. The Kier molecular flexibility index (Phi) is 3.32. The molecule has 1 aromatic carbocycles. The summed E-state index contributed by atoms with van der Waals surface area (Å²) in [6, 6.07) is 6.16. The monoisotopic (exact) mass is 260 g/mol. The SMILES string of the molecule is CCCOc1cccc2c1NC(=O)CC(C1CC1)N2. The first kappa shape index (κ1) is 12.3. The lowest BCUT2D eigenvalue weighted by atomic mass is 10.1. The maximum atomic E-state index is 12.0. The molecule has 3 rings (SSSR count). The summed E-state index contributed by atoms with van der Waals surface area (Å²) in [4.78, 5) is 12.0. The highest BCUT2D eigenvalue weighted by Gasteiger charge is 2.35. The van der Waals surface area contributed by atoms with E-state index in [-0.39, 0.29) is 11.9 Å². The first-order valence-corrected chi connectivity index (χ1v) is 7.10. The van der Waals surface area contributed by atoms with Crippen LogP contribution >= 0.6 is 0 Å². The van der Waals surface area contributed by atoms with E-state index in [9.17, 15) is 4.79 Å². The zero-order valence-electron chi connectivity index (χ0n) is 11.2.